The summed E-state index contributed by atoms with van der Waals surface area (Å²) in [4.78, 5) is 0. The van der Waals surface area contributed by atoms with E-state index < -0.39 is 9.76 Å². The predicted molar refractivity (Wildman–Crippen MR) is 65.6 cm³/mol. The lowest BCUT2D eigenvalue weighted by molar-refractivity contribution is 0.117. The molecule has 1 aromatic rings. The summed E-state index contributed by atoms with van der Waals surface area (Å²) in [6.07, 6.45) is 1.49. The number of benzene rings is 1. The number of epoxide rings is 1. The van der Waals surface area contributed by atoms with Crippen LogP contribution in [-0.4, -0.2) is 35.7 Å². The van der Waals surface area contributed by atoms with Crippen LogP contribution in [0.4, 0.5) is 0 Å². The molecular formula is C12H18O3Si. The Labute approximate surface area is 98.7 Å². The number of hydrogen-bond donors (Lipinski definition) is 0. The van der Waals surface area contributed by atoms with Crippen molar-refractivity contribution in [2.45, 2.75) is 18.6 Å². The molecule has 3 nitrogen and oxygen atoms in total. The van der Waals surface area contributed by atoms with E-state index in [1.54, 1.807) is 0 Å². The molecule has 1 saturated heterocycles. The van der Waals surface area contributed by atoms with Gasteiger partial charge in [0.1, 0.15) is 11.9 Å². The van der Waals surface area contributed by atoms with Gasteiger partial charge in [-0.15, -0.1) is 0 Å². The molecule has 1 heterocycles. The van der Waals surface area contributed by atoms with Crippen LogP contribution < -0.4 is 4.43 Å². The molecule has 1 unspecified atom stereocenters. The van der Waals surface area contributed by atoms with Gasteiger partial charge in [0.25, 0.3) is 0 Å². The summed E-state index contributed by atoms with van der Waals surface area (Å²) in [5, 5.41) is 0. The smallest absolute Gasteiger partial charge is 0.219 e. The van der Waals surface area contributed by atoms with Crippen molar-refractivity contribution in [1.82, 2.24) is 0 Å². The maximum absolute atomic E-state index is 5.70. The third-order valence-corrected chi connectivity index (χ3v) is 3.73. The van der Waals surface area contributed by atoms with E-state index in [2.05, 4.69) is 0 Å². The van der Waals surface area contributed by atoms with E-state index >= 15 is 0 Å². The van der Waals surface area contributed by atoms with Gasteiger partial charge in [0.15, 0.2) is 0 Å². The standard InChI is InChI=1S/C12H18O3Si/c1-2-5-11(6-3-1)15-16-8-4-7-13-9-12-10-14-12/h1-3,5-6,12H,4,7-10,16H2. The molecule has 0 N–H and O–H groups in total. The van der Waals surface area contributed by atoms with Crippen LogP contribution in [0.2, 0.25) is 6.04 Å². The van der Waals surface area contributed by atoms with Gasteiger partial charge in [-0.05, 0) is 24.6 Å². The van der Waals surface area contributed by atoms with E-state index in [4.69, 9.17) is 13.9 Å². The molecule has 88 valence electrons. The zero-order valence-electron chi connectivity index (χ0n) is 9.43. The lowest BCUT2D eigenvalue weighted by Gasteiger charge is -2.05. The number of ether oxygens (including phenoxy) is 2. The van der Waals surface area contributed by atoms with E-state index in [0.29, 0.717) is 6.10 Å². The van der Waals surface area contributed by atoms with Crippen molar-refractivity contribution in [3.63, 3.8) is 0 Å². The average Bonchev–Trinajstić information content (AvgIpc) is 3.13. The third-order valence-electron chi connectivity index (χ3n) is 2.40. The Hall–Kier alpha value is -0.843. The average molecular weight is 238 g/mol. The Balaban J connectivity index is 1.42. The molecule has 1 aliphatic heterocycles. The lowest BCUT2D eigenvalue weighted by Crippen LogP contribution is -2.06. The summed E-state index contributed by atoms with van der Waals surface area (Å²) >= 11 is 0. The summed E-state index contributed by atoms with van der Waals surface area (Å²) in [5.41, 5.74) is 0. The zero-order chi connectivity index (χ0) is 11.1. The van der Waals surface area contributed by atoms with Crippen molar-refractivity contribution in [3.8, 4) is 5.75 Å². The first-order valence-electron chi connectivity index (χ1n) is 5.82. The van der Waals surface area contributed by atoms with Crippen molar-refractivity contribution >= 4 is 9.76 Å². The SMILES string of the molecule is c1ccc(O[SiH2]CCCOCC2CO2)cc1. The quantitative estimate of drug-likeness (QED) is 0.389. The molecule has 0 aromatic heterocycles. The summed E-state index contributed by atoms with van der Waals surface area (Å²) in [5.74, 6) is 1.00. The fourth-order valence-electron chi connectivity index (χ4n) is 1.39. The van der Waals surface area contributed by atoms with E-state index in [1.165, 1.54) is 6.04 Å². The second-order valence-corrected chi connectivity index (χ2v) is 5.30. The highest BCUT2D eigenvalue weighted by Gasteiger charge is 2.21. The zero-order valence-corrected chi connectivity index (χ0v) is 10.8. The van der Waals surface area contributed by atoms with Crippen molar-refractivity contribution in [3.05, 3.63) is 30.3 Å². The molecule has 0 radical (unpaired) electrons. The minimum absolute atomic E-state index is 0.387. The Bertz CT molecular complexity index is 288. The van der Waals surface area contributed by atoms with Gasteiger partial charge in [-0.25, -0.2) is 0 Å². The molecule has 1 aromatic carbocycles. The Morgan fingerprint density at radius 3 is 2.88 bits per heavy atom. The monoisotopic (exact) mass is 238 g/mol. The molecule has 0 spiro atoms. The maximum Gasteiger partial charge on any atom is 0.219 e. The molecule has 0 saturated carbocycles. The molecule has 1 aliphatic rings. The van der Waals surface area contributed by atoms with Gasteiger partial charge in [-0.3, -0.25) is 0 Å². The number of rotatable bonds is 8. The molecule has 2 rings (SSSR count). The fourth-order valence-corrected chi connectivity index (χ4v) is 2.37. The van der Waals surface area contributed by atoms with Gasteiger partial charge in [-0.2, -0.15) is 0 Å². The van der Waals surface area contributed by atoms with E-state index in [-0.39, 0.29) is 0 Å². The Morgan fingerprint density at radius 1 is 1.31 bits per heavy atom. The highest BCUT2D eigenvalue weighted by atomic mass is 28.2. The summed E-state index contributed by atoms with van der Waals surface area (Å²) in [6, 6.07) is 11.2. The highest BCUT2D eigenvalue weighted by Crippen LogP contribution is 2.09. The molecular weight excluding hydrogens is 220 g/mol. The molecule has 1 atom stereocenters. The van der Waals surface area contributed by atoms with Crippen LogP contribution in [0.5, 0.6) is 5.75 Å². The highest BCUT2D eigenvalue weighted by molar-refractivity contribution is 6.28. The molecule has 0 aliphatic carbocycles. The van der Waals surface area contributed by atoms with Crippen LogP contribution >= 0.6 is 0 Å². The minimum Gasteiger partial charge on any atom is -0.549 e. The third kappa shape index (κ3) is 4.79. The summed E-state index contributed by atoms with van der Waals surface area (Å²) in [7, 11) is -0.430. The first-order valence-corrected chi connectivity index (χ1v) is 7.40. The van der Waals surface area contributed by atoms with Crippen molar-refractivity contribution in [2.24, 2.45) is 0 Å². The van der Waals surface area contributed by atoms with Crippen LogP contribution in [0.15, 0.2) is 30.3 Å². The second-order valence-electron chi connectivity index (χ2n) is 3.90. The Kier molecular flexibility index (Phi) is 4.86. The summed E-state index contributed by atoms with van der Waals surface area (Å²) in [6.45, 7) is 2.48. The van der Waals surface area contributed by atoms with Gasteiger partial charge in [0, 0.05) is 6.61 Å². The van der Waals surface area contributed by atoms with Gasteiger partial charge >= 0.3 is 0 Å². The van der Waals surface area contributed by atoms with Crippen LogP contribution in [0.25, 0.3) is 0 Å². The topological polar surface area (TPSA) is 31.0 Å². The van der Waals surface area contributed by atoms with Crippen molar-refractivity contribution in [1.29, 1.82) is 0 Å². The molecule has 4 heteroatoms. The van der Waals surface area contributed by atoms with Gasteiger partial charge < -0.3 is 13.9 Å². The van der Waals surface area contributed by atoms with Crippen molar-refractivity contribution in [2.75, 3.05) is 19.8 Å². The number of hydrogen-bond acceptors (Lipinski definition) is 3. The molecule has 16 heavy (non-hydrogen) atoms. The molecule has 0 bridgehead atoms. The van der Waals surface area contributed by atoms with E-state index in [1.807, 2.05) is 30.3 Å². The van der Waals surface area contributed by atoms with E-state index in [9.17, 15) is 0 Å². The maximum atomic E-state index is 5.70. The molecule has 1 fully saturated rings. The van der Waals surface area contributed by atoms with Crippen LogP contribution in [0, 0.1) is 0 Å². The van der Waals surface area contributed by atoms with Crippen molar-refractivity contribution < 1.29 is 13.9 Å². The molecule has 0 amide bonds. The van der Waals surface area contributed by atoms with Gasteiger partial charge in [0.2, 0.25) is 9.76 Å². The van der Waals surface area contributed by atoms with Crippen LogP contribution in [0.3, 0.4) is 0 Å². The van der Waals surface area contributed by atoms with E-state index in [0.717, 1.165) is 32.0 Å². The predicted octanol–water partition coefficient (Wildman–Crippen LogP) is 1.37. The fraction of sp³-hybridized carbons (Fsp3) is 0.500. The number of para-hydroxylation sites is 1. The minimum atomic E-state index is -0.430. The normalized spacial score (nSPS) is 19.1. The first-order chi connectivity index (χ1) is 7.95. The second kappa shape index (κ2) is 6.68. The first kappa shape index (κ1) is 11.6. The van der Waals surface area contributed by atoms with Crippen LogP contribution in [0.1, 0.15) is 6.42 Å². The largest absolute Gasteiger partial charge is 0.549 e. The van der Waals surface area contributed by atoms with Crippen LogP contribution in [-0.2, 0) is 9.47 Å². The Morgan fingerprint density at radius 2 is 2.12 bits per heavy atom. The van der Waals surface area contributed by atoms with Gasteiger partial charge in [-0.1, -0.05) is 18.2 Å². The van der Waals surface area contributed by atoms with Gasteiger partial charge in [0.05, 0.1) is 13.2 Å². The summed E-state index contributed by atoms with van der Waals surface area (Å²) < 4.78 is 16.2. The lowest BCUT2D eigenvalue weighted by atomic mass is 10.3.